The van der Waals surface area contributed by atoms with E-state index in [9.17, 15) is 0 Å². The van der Waals surface area contributed by atoms with Crippen LogP contribution < -0.4 is 30.2 Å². The van der Waals surface area contributed by atoms with Crippen LogP contribution in [0.15, 0.2) is 149 Å². The van der Waals surface area contributed by atoms with Gasteiger partial charge in [-0.05, 0) is 94.5 Å². The fourth-order valence-electron chi connectivity index (χ4n) is 10.3. The lowest BCUT2D eigenvalue weighted by Gasteiger charge is -2.43. The molecule has 0 bridgehead atoms. The van der Waals surface area contributed by atoms with Crippen LogP contribution in [0.4, 0.5) is 0 Å². The molecule has 0 unspecified atom stereocenters. The van der Waals surface area contributed by atoms with E-state index in [0.717, 1.165) is 34.3 Å². The van der Waals surface area contributed by atoms with Gasteiger partial charge in [-0.15, -0.1) is 0 Å². The Bertz CT molecular complexity index is 2830. The van der Waals surface area contributed by atoms with Crippen LogP contribution in [0.1, 0.15) is 91.5 Å². The molecule has 3 aliphatic heterocycles. The average molecular weight is 820 g/mol. The zero-order valence-corrected chi connectivity index (χ0v) is 38.3. The molecule has 6 aromatic carbocycles. The standard InChI is InChI=1S/C55H53NO2SSi/c1-52(2,3)38-33-56-49(35-22-19-24-37-51(35)59-42-28-15-11-23-36(42)54(7,8)55(37,9)10)48(53(4,5)6)47(38)34-21-20-32-46-50(34)58-41-27-14-18-31-45(41)60(46)43-29-16-12-25-39(43)57-40-26-13-17-30-44(40)60/h11-33H,1-10H3. The SMILES string of the molecule is CC(C)(C)c1cnc(-c2cccc3c2Sc2ccccc2C(C)(C)C3(C)C)c(C(C)(C)C)c1-c1cccc2c1Oc1ccccc1[Si]21c2ccccc2Oc2ccccc21. The molecule has 0 atom stereocenters. The third-order valence-electron chi connectivity index (χ3n) is 13.9. The maximum Gasteiger partial charge on any atom is 0.196 e. The molecule has 4 heterocycles. The van der Waals surface area contributed by atoms with Crippen LogP contribution in [0.5, 0.6) is 23.0 Å². The molecule has 0 N–H and O–H groups in total. The molecule has 1 aromatic heterocycles. The first-order chi connectivity index (χ1) is 28.6. The number of hydrogen-bond acceptors (Lipinski definition) is 4. The van der Waals surface area contributed by atoms with E-state index in [-0.39, 0.29) is 21.7 Å². The molecule has 0 radical (unpaired) electrons. The third-order valence-corrected chi connectivity index (χ3v) is 20.0. The second kappa shape index (κ2) is 13.3. The van der Waals surface area contributed by atoms with E-state index in [2.05, 4.69) is 209 Å². The van der Waals surface area contributed by atoms with Gasteiger partial charge in [0.05, 0.1) is 5.69 Å². The molecular formula is C55H53NO2SSi. The zero-order chi connectivity index (χ0) is 42.0. The fourth-order valence-corrected chi connectivity index (χ4v) is 17.0. The molecular weight excluding hydrogens is 767 g/mol. The summed E-state index contributed by atoms with van der Waals surface area (Å²) in [6, 6.07) is 48.9. The summed E-state index contributed by atoms with van der Waals surface area (Å²) in [6.07, 6.45) is 2.17. The topological polar surface area (TPSA) is 31.4 Å². The van der Waals surface area contributed by atoms with Gasteiger partial charge in [-0.1, -0.05) is 190 Å². The van der Waals surface area contributed by atoms with Crippen molar-refractivity contribution >= 4 is 40.6 Å². The number of ether oxygens (including phenoxy) is 2. The summed E-state index contributed by atoms with van der Waals surface area (Å²) in [5.74, 6) is 3.68. The first-order valence-electron chi connectivity index (χ1n) is 21.3. The van der Waals surface area contributed by atoms with Crippen molar-refractivity contribution in [2.45, 2.75) is 101 Å². The second-order valence-electron chi connectivity index (χ2n) is 19.9. The highest BCUT2D eigenvalue weighted by molar-refractivity contribution is 7.99. The van der Waals surface area contributed by atoms with Crippen LogP contribution in [0.3, 0.4) is 0 Å². The van der Waals surface area contributed by atoms with Gasteiger partial charge >= 0.3 is 0 Å². The second-order valence-corrected chi connectivity index (χ2v) is 24.6. The van der Waals surface area contributed by atoms with E-state index in [1.165, 1.54) is 63.9 Å². The van der Waals surface area contributed by atoms with Crippen LogP contribution in [-0.2, 0) is 21.7 Å². The van der Waals surface area contributed by atoms with Gasteiger partial charge in [0.1, 0.15) is 23.0 Å². The van der Waals surface area contributed by atoms with E-state index < -0.39 is 8.07 Å². The lowest BCUT2D eigenvalue weighted by Crippen LogP contribution is -2.77. The molecule has 0 saturated heterocycles. The maximum absolute atomic E-state index is 7.37. The Hall–Kier alpha value is -5.36. The Labute approximate surface area is 361 Å². The average Bonchev–Trinajstić information content (AvgIpc) is 3.28. The molecule has 0 amide bonds. The van der Waals surface area contributed by atoms with Crippen molar-refractivity contribution < 1.29 is 9.47 Å². The summed E-state index contributed by atoms with van der Waals surface area (Å²) in [4.78, 5) is 8.17. The number of aromatic nitrogens is 1. The lowest BCUT2D eigenvalue weighted by atomic mass is 9.61. The third kappa shape index (κ3) is 5.44. The molecule has 10 rings (SSSR count). The number of nitrogens with zero attached hydrogens (tertiary/aromatic N) is 1. The van der Waals surface area contributed by atoms with Crippen LogP contribution in [0, 0.1) is 0 Å². The van der Waals surface area contributed by atoms with Crippen LogP contribution >= 0.6 is 11.8 Å². The van der Waals surface area contributed by atoms with Crippen LogP contribution in [-0.4, -0.2) is 13.1 Å². The quantitative estimate of drug-likeness (QED) is 0.163. The number of pyridine rings is 1. The summed E-state index contributed by atoms with van der Waals surface area (Å²) in [5.41, 5.74) is 8.92. The molecule has 300 valence electrons. The minimum Gasteiger partial charge on any atom is -0.458 e. The van der Waals surface area contributed by atoms with Crippen molar-refractivity contribution in [3.63, 3.8) is 0 Å². The van der Waals surface area contributed by atoms with Gasteiger partial charge < -0.3 is 9.47 Å². The normalized spacial score (nSPS) is 16.4. The Morgan fingerprint density at radius 1 is 0.517 bits per heavy atom. The van der Waals surface area contributed by atoms with Gasteiger partial charge in [0.15, 0.2) is 8.07 Å². The number of para-hydroxylation sites is 4. The molecule has 1 spiro atoms. The maximum atomic E-state index is 7.37. The molecule has 3 nitrogen and oxygen atoms in total. The largest absolute Gasteiger partial charge is 0.458 e. The van der Waals surface area contributed by atoms with Gasteiger partial charge in [0.25, 0.3) is 0 Å². The van der Waals surface area contributed by atoms with Gasteiger partial charge in [-0.2, -0.15) is 0 Å². The fraction of sp³-hybridized carbons (Fsp3) is 0.255. The highest BCUT2D eigenvalue weighted by Gasteiger charge is 2.54. The first-order valence-corrected chi connectivity index (χ1v) is 24.1. The van der Waals surface area contributed by atoms with Crippen molar-refractivity contribution in [2.75, 3.05) is 0 Å². The van der Waals surface area contributed by atoms with E-state index in [0.29, 0.717) is 0 Å². The Morgan fingerprint density at radius 3 is 1.63 bits per heavy atom. The lowest BCUT2D eigenvalue weighted by molar-refractivity contribution is 0.296. The summed E-state index contributed by atoms with van der Waals surface area (Å²) < 4.78 is 14.1. The predicted molar refractivity (Wildman–Crippen MR) is 253 cm³/mol. The molecule has 0 aliphatic carbocycles. The monoisotopic (exact) mass is 819 g/mol. The summed E-state index contributed by atoms with van der Waals surface area (Å²) in [6.45, 7) is 23.7. The molecule has 5 heteroatoms. The highest BCUT2D eigenvalue weighted by atomic mass is 32.2. The number of fused-ring (bicyclic) bond motifs is 10. The van der Waals surface area contributed by atoms with E-state index in [1.54, 1.807) is 0 Å². The minimum atomic E-state index is -2.98. The summed E-state index contributed by atoms with van der Waals surface area (Å²) in [5, 5.41) is 4.98. The molecule has 0 fully saturated rings. The molecule has 3 aliphatic rings. The number of rotatable bonds is 2. The van der Waals surface area contributed by atoms with Crippen LogP contribution in [0.25, 0.3) is 22.4 Å². The van der Waals surface area contributed by atoms with Gasteiger partial charge in [-0.25, -0.2) is 0 Å². The highest BCUT2D eigenvalue weighted by Crippen LogP contribution is 2.57. The van der Waals surface area contributed by atoms with E-state index in [4.69, 9.17) is 14.5 Å². The minimum absolute atomic E-state index is 0.111. The van der Waals surface area contributed by atoms with Gasteiger partial charge in [0, 0.05) is 27.1 Å². The van der Waals surface area contributed by atoms with Crippen molar-refractivity contribution in [3.8, 4) is 45.4 Å². The Balaban J connectivity index is 1.32. The zero-order valence-electron chi connectivity index (χ0n) is 36.5. The molecule has 0 saturated carbocycles. The molecule has 7 aromatic rings. The van der Waals surface area contributed by atoms with Crippen molar-refractivity contribution in [3.05, 3.63) is 162 Å². The summed E-state index contributed by atoms with van der Waals surface area (Å²) >= 11 is 1.91. The van der Waals surface area contributed by atoms with E-state index in [1.807, 2.05) is 11.8 Å². The van der Waals surface area contributed by atoms with Crippen molar-refractivity contribution in [1.82, 2.24) is 4.98 Å². The Morgan fingerprint density at radius 2 is 1.02 bits per heavy atom. The number of benzene rings is 6. The first kappa shape index (κ1) is 38.8. The van der Waals surface area contributed by atoms with Crippen molar-refractivity contribution in [1.29, 1.82) is 0 Å². The van der Waals surface area contributed by atoms with Crippen molar-refractivity contribution in [2.24, 2.45) is 0 Å². The predicted octanol–water partition coefficient (Wildman–Crippen LogP) is 12.3. The summed E-state index contributed by atoms with van der Waals surface area (Å²) in [7, 11) is -2.98. The van der Waals surface area contributed by atoms with Gasteiger partial charge in [0.2, 0.25) is 0 Å². The Kier molecular flexibility index (Phi) is 8.62. The van der Waals surface area contributed by atoms with Crippen LogP contribution in [0.2, 0.25) is 0 Å². The number of hydrogen-bond donors (Lipinski definition) is 0. The smallest absolute Gasteiger partial charge is 0.196 e. The van der Waals surface area contributed by atoms with Gasteiger partial charge in [-0.3, -0.25) is 4.98 Å². The van der Waals surface area contributed by atoms with E-state index >= 15 is 0 Å². The molecule has 60 heavy (non-hydrogen) atoms.